The molecule has 0 bridgehead atoms. The van der Waals surface area contributed by atoms with Crippen LogP contribution >= 0.6 is 0 Å². The van der Waals surface area contributed by atoms with Crippen LogP contribution in [0, 0.1) is 0 Å². The summed E-state index contributed by atoms with van der Waals surface area (Å²) in [6, 6.07) is 9.78. The van der Waals surface area contributed by atoms with Crippen molar-refractivity contribution in [2.45, 2.75) is 19.4 Å². The van der Waals surface area contributed by atoms with Gasteiger partial charge in [0.1, 0.15) is 5.75 Å². The molecule has 7 heteroatoms. The third-order valence-corrected chi connectivity index (χ3v) is 3.90. The van der Waals surface area contributed by atoms with Crippen molar-refractivity contribution in [3.05, 3.63) is 64.1 Å². The normalized spacial score (nSPS) is 11.5. The van der Waals surface area contributed by atoms with Crippen LogP contribution in [0.1, 0.15) is 35.3 Å². The third kappa shape index (κ3) is 4.95. The number of nitrogens with zero attached hydrogens (tertiary/aromatic N) is 1. The van der Waals surface area contributed by atoms with Crippen molar-refractivity contribution in [2.75, 3.05) is 20.7 Å². The van der Waals surface area contributed by atoms with Crippen LogP contribution in [0.3, 0.4) is 0 Å². The van der Waals surface area contributed by atoms with E-state index in [1.54, 1.807) is 20.2 Å². The third-order valence-electron chi connectivity index (χ3n) is 3.90. The molecule has 1 atom stereocenters. The fourth-order valence-corrected chi connectivity index (χ4v) is 2.36. The quantitative estimate of drug-likeness (QED) is 0.789. The Hall–Kier alpha value is -3.09. The first kappa shape index (κ1) is 19.2. The average Bonchev–Trinajstić information content (AvgIpc) is 2.64. The van der Waals surface area contributed by atoms with E-state index < -0.39 is 0 Å². The Balaban J connectivity index is 2.16. The second kappa shape index (κ2) is 8.84. The molecule has 2 rings (SSSR count). The molecule has 0 aliphatic heterocycles. The molecule has 2 aromatic rings. The molecule has 0 fully saturated rings. The second-order valence-corrected chi connectivity index (χ2v) is 5.99. The summed E-state index contributed by atoms with van der Waals surface area (Å²) in [7, 11) is 3.33. The maximum atomic E-state index is 12.4. The zero-order valence-corrected chi connectivity index (χ0v) is 15.1. The van der Waals surface area contributed by atoms with Gasteiger partial charge in [0.2, 0.25) is 5.56 Å². The highest BCUT2D eigenvalue weighted by Crippen LogP contribution is 2.27. The highest BCUT2D eigenvalue weighted by atomic mass is 16.5. The van der Waals surface area contributed by atoms with E-state index in [4.69, 9.17) is 4.74 Å². The minimum atomic E-state index is -0.299. The number of hydrogen-bond donors (Lipinski definition) is 2. The predicted molar refractivity (Wildman–Crippen MR) is 98.2 cm³/mol. The SMILES string of the molecule is CC[C@@H](NC(=O)c1ccc(=O)[nH]c1)c1ccccc1OCC(=O)N(C)C. The van der Waals surface area contributed by atoms with Gasteiger partial charge >= 0.3 is 0 Å². The van der Waals surface area contributed by atoms with Gasteiger partial charge in [-0.1, -0.05) is 25.1 Å². The molecule has 138 valence electrons. The number of amides is 2. The number of carbonyl (C=O) groups is 2. The van der Waals surface area contributed by atoms with Crippen molar-refractivity contribution in [3.63, 3.8) is 0 Å². The number of hydrogen-bond acceptors (Lipinski definition) is 4. The first-order chi connectivity index (χ1) is 12.4. The molecular weight excluding hydrogens is 334 g/mol. The summed E-state index contributed by atoms with van der Waals surface area (Å²) >= 11 is 0. The minimum absolute atomic E-state index is 0.0751. The van der Waals surface area contributed by atoms with Crippen molar-refractivity contribution in [2.24, 2.45) is 0 Å². The highest BCUT2D eigenvalue weighted by Gasteiger charge is 2.18. The summed E-state index contributed by atoms with van der Waals surface area (Å²) < 4.78 is 5.66. The van der Waals surface area contributed by atoms with Crippen LogP contribution in [0.4, 0.5) is 0 Å². The van der Waals surface area contributed by atoms with Crippen LogP contribution in [0.5, 0.6) is 5.75 Å². The maximum absolute atomic E-state index is 12.4. The van der Waals surface area contributed by atoms with Gasteiger partial charge < -0.3 is 19.9 Å². The molecule has 0 saturated carbocycles. The van der Waals surface area contributed by atoms with Crippen molar-refractivity contribution in [1.29, 1.82) is 0 Å². The molecule has 1 aromatic carbocycles. The number of carbonyl (C=O) groups excluding carboxylic acids is 2. The first-order valence-corrected chi connectivity index (χ1v) is 8.33. The molecule has 2 amide bonds. The van der Waals surface area contributed by atoms with Gasteiger partial charge in [-0.2, -0.15) is 0 Å². The van der Waals surface area contributed by atoms with Gasteiger partial charge in [-0.25, -0.2) is 0 Å². The number of H-pyrrole nitrogens is 1. The Labute approximate surface area is 152 Å². The number of nitrogens with one attached hydrogen (secondary N) is 2. The van der Waals surface area contributed by atoms with E-state index in [2.05, 4.69) is 10.3 Å². The molecule has 1 heterocycles. The number of aromatic amines is 1. The lowest BCUT2D eigenvalue weighted by molar-refractivity contribution is -0.130. The number of para-hydroxylation sites is 1. The van der Waals surface area contributed by atoms with Gasteiger partial charge in [0.05, 0.1) is 11.6 Å². The lowest BCUT2D eigenvalue weighted by atomic mass is 10.0. The zero-order valence-electron chi connectivity index (χ0n) is 15.1. The van der Waals surface area contributed by atoms with Gasteiger partial charge in [-0.05, 0) is 18.6 Å². The van der Waals surface area contributed by atoms with E-state index >= 15 is 0 Å². The van der Waals surface area contributed by atoms with E-state index in [9.17, 15) is 14.4 Å². The van der Waals surface area contributed by atoms with E-state index in [1.165, 1.54) is 23.2 Å². The predicted octanol–water partition coefficient (Wildman–Crippen LogP) is 1.72. The van der Waals surface area contributed by atoms with Crippen LogP contribution < -0.4 is 15.6 Å². The van der Waals surface area contributed by atoms with E-state index in [0.29, 0.717) is 17.7 Å². The van der Waals surface area contributed by atoms with Gasteiger partial charge in [0.15, 0.2) is 6.61 Å². The molecule has 0 aliphatic rings. The number of aromatic nitrogens is 1. The minimum Gasteiger partial charge on any atom is -0.483 e. The molecule has 0 spiro atoms. The van der Waals surface area contributed by atoms with Crippen LogP contribution in [0.15, 0.2) is 47.4 Å². The molecular formula is C19H23N3O4. The molecule has 0 aliphatic carbocycles. The number of rotatable bonds is 7. The Kier molecular flexibility index (Phi) is 6.54. The standard InChI is InChI=1S/C19H23N3O4/c1-4-15(21-19(25)13-9-10-17(23)20-11-13)14-7-5-6-8-16(14)26-12-18(24)22(2)3/h5-11,15H,4,12H2,1-3H3,(H,20,23)(H,21,25)/t15-/m1/s1. The van der Waals surface area contributed by atoms with Crippen molar-refractivity contribution >= 4 is 11.8 Å². The molecule has 1 aromatic heterocycles. The Bertz CT molecular complexity index is 809. The maximum Gasteiger partial charge on any atom is 0.259 e. The van der Waals surface area contributed by atoms with Gasteiger partial charge in [-0.15, -0.1) is 0 Å². The summed E-state index contributed by atoms with van der Waals surface area (Å²) in [4.78, 5) is 39.3. The molecule has 7 nitrogen and oxygen atoms in total. The summed E-state index contributed by atoms with van der Waals surface area (Å²) in [5.74, 6) is 0.105. The molecule has 26 heavy (non-hydrogen) atoms. The van der Waals surface area contributed by atoms with E-state index in [-0.39, 0.29) is 30.0 Å². The number of likely N-dealkylation sites (N-methyl/N-ethyl adjacent to an activating group) is 1. The summed E-state index contributed by atoms with van der Waals surface area (Å²) in [5, 5.41) is 2.93. The molecule has 2 N–H and O–H groups in total. The number of pyridine rings is 1. The van der Waals surface area contributed by atoms with Crippen LogP contribution in [0.25, 0.3) is 0 Å². The van der Waals surface area contributed by atoms with Gasteiger partial charge in [-0.3, -0.25) is 14.4 Å². The lowest BCUT2D eigenvalue weighted by Crippen LogP contribution is -2.30. The summed E-state index contributed by atoms with van der Waals surface area (Å²) in [6.07, 6.45) is 2.01. The van der Waals surface area contributed by atoms with Crippen molar-refractivity contribution in [3.8, 4) is 5.75 Å². The van der Waals surface area contributed by atoms with Crippen LogP contribution in [-0.4, -0.2) is 42.4 Å². The Morgan fingerprint density at radius 2 is 1.92 bits per heavy atom. The zero-order chi connectivity index (χ0) is 19.1. The smallest absolute Gasteiger partial charge is 0.259 e. The fourth-order valence-electron chi connectivity index (χ4n) is 2.36. The Morgan fingerprint density at radius 1 is 1.19 bits per heavy atom. The van der Waals surface area contributed by atoms with Crippen molar-refractivity contribution < 1.29 is 14.3 Å². The molecule has 0 radical (unpaired) electrons. The van der Waals surface area contributed by atoms with Crippen LogP contribution in [0.2, 0.25) is 0 Å². The average molecular weight is 357 g/mol. The van der Waals surface area contributed by atoms with Crippen LogP contribution in [-0.2, 0) is 4.79 Å². The Morgan fingerprint density at radius 3 is 2.54 bits per heavy atom. The monoisotopic (exact) mass is 357 g/mol. The number of benzene rings is 1. The second-order valence-electron chi connectivity index (χ2n) is 5.99. The van der Waals surface area contributed by atoms with Gasteiger partial charge in [0, 0.05) is 31.9 Å². The lowest BCUT2D eigenvalue weighted by Gasteiger charge is -2.21. The first-order valence-electron chi connectivity index (χ1n) is 8.33. The number of ether oxygens (including phenoxy) is 1. The van der Waals surface area contributed by atoms with E-state index in [1.807, 2.05) is 25.1 Å². The van der Waals surface area contributed by atoms with Crippen molar-refractivity contribution in [1.82, 2.24) is 15.2 Å². The largest absolute Gasteiger partial charge is 0.483 e. The highest BCUT2D eigenvalue weighted by molar-refractivity contribution is 5.94. The fraction of sp³-hybridized carbons (Fsp3) is 0.316. The van der Waals surface area contributed by atoms with E-state index in [0.717, 1.165) is 5.56 Å². The summed E-state index contributed by atoms with van der Waals surface area (Å²) in [5.41, 5.74) is 0.890. The van der Waals surface area contributed by atoms with Gasteiger partial charge in [0.25, 0.3) is 11.8 Å². The topological polar surface area (TPSA) is 91.5 Å². The summed E-state index contributed by atoms with van der Waals surface area (Å²) in [6.45, 7) is 1.87. The molecule has 0 unspecified atom stereocenters. The molecule has 0 saturated heterocycles.